The first-order valence-electron chi connectivity index (χ1n) is 8.79. The van der Waals surface area contributed by atoms with Gasteiger partial charge in [0.1, 0.15) is 5.82 Å². The third-order valence-corrected chi connectivity index (χ3v) is 5.36. The van der Waals surface area contributed by atoms with Gasteiger partial charge >= 0.3 is 6.03 Å². The van der Waals surface area contributed by atoms with Crippen LogP contribution in [0.5, 0.6) is 0 Å². The van der Waals surface area contributed by atoms with Gasteiger partial charge in [0.15, 0.2) is 5.13 Å². The maximum absolute atomic E-state index is 13.2. The molecule has 10 heteroatoms. The topological polar surface area (TPSA) is 80.1 Å². The van der Waals surface area contributed by atoms with E-state index in [9.17, 15) is 18.4 Å². The zero-order valence-corrected chi connectivity index (χ0v) is 15.5. The number of carbonyl (C=O) groups excluding carboxylic acids is 1. The number of hydrogen-bond acceptors (Lipinski definition) is 5. The summed E-state index contributed by atoms with van der Waals surface area (Å²) >= 11 is 1.28. The molecule has 4 rings (SSSR count). The second-order valence-electron chi connectivity index (χ2n) is 6.41. The van der Waals surface area contributed by atoms with Crippen LogP contribution >= 0.6 is 11.3 Å². The molecule has 1 aromatic carbocycles. The van der Waals surface area contributed by atoms with Crippen molar-refractivity contribution in [2.75, 3.05) is 11.9 Å². The summed E-state index contributed by atoms with van der Waals surface area (Å²) in [5.74, 6) is 0.191. The molecule has 2 amide bonds. The quantitative estimate of drug-likeness (QED) is 0.721. The van der Waals surface area contributed by atoms with Gasteiger partial charge in [0.05, 0.1) is 23.5 Å². The molecular formula is C18H17F2N5O2S. The molecule has 1 saturated heterocycles. The summed E-state index contributed by atoms with van der Waals surface area (Å²) < 4.78 is 27.4. The van der Waals surface area contributed by atoms with Crippen molar-refractivity contribution in [3.63, 3.8) is 0 Å². The number of alkyl halides is 2. The number of urea groups is 1. The van der Waals surface area contributed by atoms with E-state index in [0.717, 1.165) is 4.57 Å². The predicted octanol–water partition coefficient (Wildman–Crippen LogP) is 3.49. The molecule has 1 aliphatic heterocycles. The van der Waals surface area contributed by atoms with Crippen LogP contribution in [-0.2, 0) is 6.54 Å². The number of amides is 2. The lowest BCUT2D eigenvalue weighted by atomic mass is 10.1. The van der Waals surface area contributed by atoms with Crippen molar-refractivity contribution in [3.8, 4) is 0 Å². The number of nitrogens with zero attached hydrogens (tertiary/aromatic N) is 4. The molecule has 1 N–H and O–H groups in total. The number of hydrogen-bond donors (Lipinski definition) is 1. The Hall–Kier alpha value is -2.88. The number of para-hydroxylation sites is 1. The van der Waals surface area contributed by atoms with E-state index < -0.39 is 24.6 Å². The lowest BCUT2D eigenvalue weighted by molar-refractivity contribution is 0.121. The van der Waals surface area contributed by atoms with E-state index in [4.69, 9.17) is 0 Å². The number of nitrogens with one attached hydrogen (secondary N) is 1. The van der Waals surface area contributed by atoms with E-state index in [2.05, 4.69) is 15.3 Å². The van der Waals surface area contributed by atoms with Crippen LogP contribution in [0.4, 0.5) is 18.7 Å². The van der Waals surface area contributed by atoms with Gasteiger partial charge in [0.25, 0.3) is 12.0 Å². The average molecular weight is 405 g/mol. The fraction of sp³-hybridized carbons (Fsp3) is 0.333. The number of halogens is 2. The SMILES string of the molecule is O=C(Nc1nccs1)N1CCCC1c1nc2ccccc2c(=O)n1CC(F)F. The number of rotatable bonds is 4. The highest BCUT2D eigenvalue weighted by molar-refractivity contribution is 7.13. The summed E-state index contributed by atoms with van der Waals surface area (Å²) in [5, 5.41) is 5.18. The lowest BCUT2D eigenvalue weighted by Crippen LogP contribution is -2.38. The van der Waals surface area contributed by atoms with Crippen LogP contribution in [0.2, 0.25) is 0 Å². The van der Waals surface area contributed by atoms with Crippen LogP contribution in [0.1, 0.15) is 24.7 Å². The van der Waals surface area contributed by atoms with Gasteiger partial charge in [-0.15, -0.1) is 11.3 Å². The third kappa shape index (κ3) is 3.47. The number of carbonyl (C=O) groups is 1. The van der Waals surface area contributed by atoms with Gasteiger partial charge in [-0.2, -0.15) is 0 Å². The van der Waals surface area contributed by atoms with Crippen LogP contribution in [0.15, 0.2) is 40.6 Å². The Morgan fingerprint density at radius 3 is 2.93 bits per heavy atom. The van der Waals surface area contributed by atoms with Gasteiger partial charge in [-0.3, -0.25) is 14.7 Å². The van der Waals surface area contributed by atoms with Gasteiger partial charge in [-0.1, -0.05) is 12.1 Å². The first-order chi connectivity index (χ1) is 13.5. The number of fused-ring (bicyclic) bond motifs is 1. The van der Waals surface area contributed by atoms with Crippen LogP contribution in [0.25, 0.3) is 10.9 Å². The average Bonchev–Trinajstić information content (AvgIpc) is 3.35. The first kappa shape index (κ1) is 18.5. The summed E-state index contributed by atoms with van der Waals surface area (Å²) in [6.45, 7) is -0.316. The highest BCUT2D eigenvalue weighted by Crippen LogP contribution is 2.32. The van der Waals surface area contributed by atoms with E-state index in [1.807, 2.05) is 0 Å². The summed E-state index contributed by atoms with van der Waals surface area (Å²) in [5.41, 5.74) is -0.0896. The Kier molecular flexibility index (Phi) is 5.03. The summed E-state index contributed by atoms with van der Waals surface area (Å²) in [6, 6.07) is 5.69. The zero-order chi connectivity index (χ0) is 19.7. The number of likely N-dealkylation sites (tertiary alicyclic amines) is 1. The molecule has 1 aliphatic rings. The Bertz CT molecular complexity index is 1050. The van der Waals surface area contributed by atoms with E-state index >= 15 is 0 Å². The maximum atomic E-state index is 13.2. The van der Waals surface area contributed by atoms with Crippen molar-refractivity contribution in [2.24, 2.45) is 0 Å². The summed E-state index contributed by atoms with van der Waals surface area (Å²) in [7, 11) is 0. The van der Waals surface area contributed by atoms with Gasteiger partial charge < -0.3 is 4.90 Å². The highest BCUT2D eigenvalue weighted by atomic mass is 32.1. The van der Waals surface area contributed by atoms with Crippen LogP contribution in [-0.4, -0.2) is 38.4 Å². The van der Waals surface area contributed by atoms with E-state index in [1.54, 1.807) is 35.8 Å². The molecular weight excluding hydrogens is 388 g/mol. The second-order valence-corrected chi connectivity index (χ2v) is 7.31. The highest BCUT2D eigenvalue weighted by Gasteiger charge is 2.34. The normalized spacial score (nSPS) is 16.8. The Morgan fingerprint density at radius 1 is 1.36 bits per heavy atom. The first-order valence-corrected chi connectivity index (χ1v) is 9.67. The fourth-order valence-corrected chi connectivity index (χ4v) is 4.00. The lowest BCUT2D eigenvalue weighted by Gasteiger charge is -2.26. The molecule has 3 heterocycles. The van der Waals surface area contributed by atoms with Gasteiger partial charge in [-0.25, -0.2) is 23.5 Å². The number of anilines is 1. The maximum Gasteiger partial charge on any atom is 0.324 e. The Labute approximate surface area is 162 Å². The van der Waals surface area contributed by atoms with Crippen molar-refractivity contribution in [1.29, 1.82) is 0 Å². The molecule has 0 bridgehead atoms. The van der Waals surface area contributed by atoms with Crippen LogP contribution in [0.3, 0.4) is 0 Å². The number of thiazole rings is 1. The smallest absolute Gasteiger partial charge is 0.314 e. The monoisotopic (exact) mass is 405 g/mol. The van der Waals surface area contributed by atoms with E-state index in [-0.39, 0.29) is 17.2 Å². The standard InChI is InChI=1S/C18H17F2N5O2S/c19-14(20)10-25-15(22-12-5-2-1-4-11(12)16(25)26)13-6-3-8-24(13)18(27)23-17-21-7-9-28-17/h1-2,4-5,7,9,13-14H,3,6,8,10H2,(H,21,23,27). The summed E-state index contributed by atoms with van der Waals surface area (Å²) in [6.07, 6.45) is 0.0953. The fourth-order valence-electron chi connectivity index (χ4n) is 3.48. The van der Waals surface area contributed by atoms with E-state index in [0.29, 0.717) is 30.0 Å². The summed E-state index contributed by atoms with van der Waals surface area (Å²) in [4.78, 5) is 35.6. The van der Waals surface area contributed by atoms with Crippen molar-refractivity contribution in [2.45, 2.75) is 31.9 Å². The van der Waals surface area contributed by atoms with Gasteiger partial charge in [-0.05, 0) is 25.0 Å². The molecule has 0 aliphatic carbocycles. The predicted molar refractivity (Wildman–Crippen MR) is 102 cm³/mol. The molecule has 146 valence electrons. The molecule has 1 unspecified atom stereocenters. The van der Waals surface area contributed by atoms with Gasteiger partial charge in [0, 0.05) is 18.1 Å². The minimum Gasteiger partial charge on any atom is -0.314 e. The molecule has 0 spiro atoms. The van der Waals surface area contributed by atoms with Crippen LogP contribution in [0, 0.1) is 0 Å². The molecule has 2 aromatic heterocycles. The molecule has 0 saturated carbocycles. The molecule has 28 heavy (non-hydrogen) atoms. The second kappa shape index (κ2) is 7.63. The molecule has 7 nitrogen and oxygen atoms in total. The molecule has 3 aromatic rings. The molecule has 0 radical (unpaired) electrons. The number of aromatic nitrogens is 3. The molecule has 1 atom stereocenters. The minimum atomic E-state index is -2.71. The number of benzene rings is 1. The van der Waals surface area contributed by atoms with Crippen molar-refractivity contribution < 1.29 is 13.6 Å². The third-order valence-electron chi connectivity index (χ3n) is 4.67. The zero-order valence-electron chi connectivity index (χ0n) is 14.7. The van der Waals surface area contributed by atoms with Gasteiger partial charge in [0.2, 0.25) is 0 Å². The Morgan fingerprint density at radius 2 is 2.18 bits per heavy atom. The van der Waals surface area contributed by atoms with Crippen molar-refractivity contribution in [3.05, 3.63) is 52.0 Å². The molecule has 1 fully saturated rings. The van der Waals surface area contributed by atoms with Crippen molar-refractivity contribution >= 4 is 33.4 Å². The van der Waals surface area contributed by atoms with Crippen LogP contribution < -0.4 is 10.9 Å². The largest absolute Gasteiger partial charge is 0.324 e. The van der Waals surface area contributed by atoms with Crippen molar-refractivity contribution in [1.82, 2.24) is 19.4 Å². The van der Waals surface area contributed by atoms with E-state index in [1.165, 1.54) is 16.2 Å². The Balaban J connectivity index is 1.75. The minimum absolute atomic E-state index is 0.191.